The van der Waals surface area contributed by atoms with Crippen molar-refractivity contribution in [2.45, 2.75) is 64.0 Å². The lowest BCUT2D eigenvalue weighted by Crippen LogP contribution is -2.56. The highest BCUT2D eigenvalue weighted by Gasteiger charge is 2.43. The first-order chi connectivity index (χ1) is 15.8. The molecule has 2 aromatic heterocycles. The predicted molar refractivity (Wildman–Crippen MR) is 129 cm³/mol. The van der Waals surface area contributed by atoms with Gasteiger partial charge in [-0.3, -0.25) is 4.79 Å². The zero-order valence-electron chi connectivity index (χ0n) is 19.1. The van der Waals surface area contributed by atoms with E-state index in [4.69, 9.17) is 15.8 Å². The Hall–Kier alpha value is -2.37. The molecule has 4 heterocycles. The van der Waals surface area contributed by atoms with E-state index in [1.54, 1.807) is 0 Å². The molecule has 2 aromatic rings. The molecule has 9 heteroatoms. The molecule has 0 spiro atoms. The third-order valence-corrected chi connectivity index (χ3v) is 7.63. The van der Waals surface area contributed by atoms with E-state index >= 15 is 0 Å². The maximum atomic E-state index is 13.5. The van der Waals surface area contributed by atoms with Crippen LogP contribution in [0.5, 0.6) is 5.75 Å². The van der Waals surface area contributed by atoms with Gasteiger partial charge in [-0.15, -0.1) is 0 Å². The first kappa shape index (κ1) is 23.8. The second kappa shape index (κ2) is 9.86. The van der Waals surface area contributed by atoms with Crippen LogP contribution in [0.1, 0.15) is 57.4 Å². The number of nitriles is 1. The number of H-pyrrole nitrogens is 1. The fourth-order valence-electron chi connectivity index (χ4n) is 5.55. The van der Waals surface area contributed by atoms with Crippen molar-refractivity contribution in [3.63, 3.8) is 0 Å². The number of hydrogen-bond donors (Lipinski definition) is 1. The summed E-state index contributed by atoms with van der Waals surface area (Å²) >= 11 is 5.04. The van der Waals surface area contributed by atoms with Gasteiger partial charge in [-0.05, 0) is 50.0 Å². The van der Waals surface area contributed by atoms with Crippen molar-refractivity contribution >= 4 is 39.6 Å². The van der Waals surface area contributed by atoms with Crippen LogP contribution in [0.4, 0.5) is 0 Å². The molecule has 0 saturated carbocycles. The number of nitrogens with one attached hydrogen (secondary N) is 1. The molecule has 2 saturated heterocycles. The van der Waals surface area contributed by atoms with Gasteiger partial charge in [-0.2, -0.15) is 5.26 Å². The van der Waals surface area contributed by atoms with Crippen molar-refractivity contribution in [1.29, 1.82) is 5.26 Å². The van der Waals surface area contributed by atoms with Gasteiger partial charge in [0.05, 0.1) is 23.2 Å². The maximum absolute atomic E-state index is 13.5. The van der Waals surface area contributed by atoms with E-state index in [9.17, 15) is 14.3 Å². The predicted octanol–water partition coefficient (Wildman–Crippen LogP) is 4.87. The number of piperidine rings is 2. The fourth-order valence-corrected chi connectivity index (χ4v) is 6.26. The average molecular weight is 489 g/mol. The van der Waals surface area contributed by atoms with Crippen molar-refractivity contribution < 1.29 is 13.2 Å². The summed E-state index contributed by atoms with van der Waals surface area (Å²) in [5.74, 6) is 0.760. The molecule has 1 amide bonds. The number of aromatic nitrogens is 2. The van der Waals surface area contributed by atoms with Crippen molar-refractivity contribution in [1.82, 2.24) is 14.9 Å². The van der Waals surface area contributed by atoms with Gasteiger partial charge >= 0.3 is 0 Å². The van der Waals surface area contributed by atoms with Crippen LogP contribution >= 0.6 is 11.6 Å². The van der Waals surface area contributed by atoms with Crippen molar-refractivity contribution in [3.05, 3.63) is 35.1 Å². The summed E-state index contributed by atoms with van der Waals surface area (Å²) in [5, 5.41) is 10.5. The quantitative estimate of drug-likeness (QED) is 0.585. The molecule has 1 N–H and O–H groups in total. The number of pyridine rings is 1. The molecule has 2 fully saturated rings. The number of aromatic amines is 1. The second-order valence-corrected chi connectivity index (χ2v) is 10.5. The van der Waals surface area contributed by atoms with E-state index in [-0.39, 0.29) is 35.6 Å². The van der Waals surface area contributed by atoms with Crippen LogP contribution in [0.3, 0.4) is 0 Å². The summed E-state index contributed by atoms with van der Waals surface area (Å²) < 4.78 is 16.8. The van der Waals surface area contributed by atoms with Crippen molar-refractivity contribution in [3.8, 4) is 11.8 Å². The summed E-state index contributed by atoms with van der Waals surface area (Å²) in [6.07, 6.45) is 12.7. The SMILES string of the molecule is CC=CC1CC2CC(C#N)CC(C1)N2C(=O)CC(C)c1c[nH]c2ncc(OS(C)=O)c(Cl)c12. The number of fused-ring (bicyclic) bond motifs is 3. The average Bonchev–Trinajstić information content (AvgIpc) is 3.19. The lowest BCUT2D eigenvalue weighted by molar-refractivity contribution is -0.142. The zero-order chi connectivity index (χ0) is 23.7. The number of rotatable bonds is 6. The molecule has 176 valence electrons. The van der Waals surface area contributed by atoms with E-state index < -0.39 is 11.1 Å². The molecule has 2 aliphatic heterocycles. The molecule has 0 aliphatic carbocycles. The largest absolute Gasteiger partial charge is 0.397 e. The number of carbonyl (C=O) groups is 1. The van der Waals surface area contributed by atoms with E-state index in [1.807, 2.05) is 20.0 Å². The Bertz CT molecular complexity index is 1120. The van der Waals surface area contributed by atoms with Crippen LogP contribution < -0.4 is 4.18 Å². The topological polar surface area (TPSA) is 99.1 Å². The van der Waals surface area contributed by atoms with Crippen LogP contribution in [0, 0.1) is 23.2 Å². The fraction of sp³-hybridized carbons (Fsp3) is 0.542. The van der Waals surface area contributed by atoms with Crippen LogP contribution in [-0.4, -0.2) is 43.3 Å². The van der Waals surface area contributed by atoms with Gasteiger partial charge in [0, 0.05) is 36.3 Å². The van der Waals surface area contributed by atoms with Gasteiger partial charge in [0.1, 0.15) is 5.65 Å². The van der Waals surface area contributed by atoms with Gasteiger partial charge in [-0.1, -0.05) is 30.7 Å². The van der Waals surface area contributed by atoms with Crippen LogP contribution in [0.2, 0.25) is 5.02 Å². The van der Waals surface area contributed by atoms with E-state index in [2.05, 4.69) is 33.1 Å². The number of allylic oxidation sites excluding steroid dienone is 2. The third-order valence-electron chi connectivity index (χ3n) is 6.84. The normalized spacial score (nSPS) is 26.8. The molecule has 7 nitrogen and oxygen atoms in total. The molecule has 2 bridgehead atoms. The first-order valence-corrected chi connectivity index (χ1v) is 13.2. The first-order valence-electron chi connectivity index (χ1n) is 11.3. The molecule has 0 radical (unpaired) electrons. The second-order valence-electron chi connectivity index (χ2n) is 9.16. The Morgan fingerprint density at radius 3 is 2.73 bits per heavy atom. The minimum Gasteiger partial charge on any atom is -0.397 e. The monoisotopic (exact) mass is 488 g/mol. The lowest BCUT2D eigenvalue weighted by Gasteiger charge is -2.50. The summed E-state index contributed by atoms with van der Waals surface area (Å²) in [5.41, 5.74) is 1.48. The van der Waals surface area contributed by atoms with Crippen molar-refractivity contribution in [2.24, 2.45) is 11.8 Å². The summed E-state index contributed by atoms with van der Waals surface area (Å²) in [4.78, 5) is 23.0. The van der Waals surface area contributed by atoms with Gasteiger partial charge < -0.3 is 14.1 Å². The molecular formula is C24H29ClN4O3S. The lowest BCUT2D eigenvalue weighted by atomic mass is 9.74. The van der Waals surface area contributed by atoms with E-state index in [1.165, 1.54) is 12.5 Å². The van der Waals surface area contributed by atoms with Crippen molar-refractivity contribution in [2.75, 3.05) is 6.26 Å². The molecule has 33 heavy (non-hydrogen) atoms. The van der Waals surface area contributed by atoms with Gasteiger partial charge in [0.15, 0.2) is 5.75 Å². The van der Waals surface area contributed by atoms with Gasteiger partial charge in [-0.25, -0.2) is 9.19 Å². The van der Waals surface area contributed by atoms with Crippen LogP contribution in [0.15, 0.2) is 24.5 Å². The van der Waals surface area contributed by atoms with E-state index in [0.717, 1.165) is 31.2 Å². The van der Waals surface area contributed by atoms with Gasteiger partial charge in [0.2, 0.25) is 17.0 Å². The summed E-state index contributed by atoms with van der Waals surface area (Å²) in [7, 11) is 0. The summed E-state index contributed by atoms with van der Waals surface area (Å²) in [6, 6.07) is 2.65. The third kappa shape index (κ3) is 4.80. The number of halogens is 1. The molecule has 0 aromatic carbocycles. The van der Waals surface area contributed by atoms with Crippen LogP contribution in [-0.2, 0) is 15.9 Å². The zero-order valence-corrected chi connectivity index (χ0v) is 20.7. The molecule has 4 rings (SSSR count). The highest BCUT2D eigenvalue weighted by molar-refractivity contribution is 7.79. The number of amides is 1. The minimum atomic E-state index is -1.52. The molecule has 2 aliphatic rings. The van der Waals surface area contributed by atoms with Crippen LogP contribution in [0.25, 0.3) is 11.0 Å². The Morgan fingerprint density at radius 2 is 2.12 bits per heavy atom. The molecule has 4 unspecified atom stereocenters. The molecule has 4 atom stereocenters. The standard InChI is InChI=1S/C24H29ClN4O3S/c1-4-5-15-7-17-9-16(11-26)10-18(8-15)29(17)21(30)6-14(2)19-12-27-24-22(19)23(25)20(13-28-24)32-33(3)31/h4-5,12-18H,6-10H2,1-3H3,(H,27,28). The van der Waals surface area contributed by atoms with E-state index in [0.29, 0.717) is 28.4 Å². The smallest absolute Gasteiger partial charge is 0.223 e. The summed E-state index contributed by atoms with van der Waals surface area (Å²) in [6.45, 7) is 4.03. The maximum Gasteiger partial charge on any atom is 0.223 e. The number of nitrogens with zero attached hydrogens (tertiary/aromatic N) is 3. The highest BCUT2D eigenvalue weighted by Crippen LogP contribution is 2.42. The Balaban J connectivity index is 1.56. The molecular weight excluding hydrogens is 460 g/mol. The highest BCUT2D eigenvalue weighted by atomic mass is 35.5. The minimum absolute atomic E-state index is 0.0223. The number of hydrogen-bond acceptors (Lipinski definition) is 5. The number of carbonyl (C=O) groups excluding carboxylic acids is 1. The van der Waals surface area contributed by atoms with Gasteiger partial charge in [0.25, 0.3) is 0 Å². The Kier molecular flexibility index (Phi) is 7.10. The Morgan fingerprint density at radius 1 is 1.42 bits per heavy atom. The Labute approximate surface area is 201 Å².